The van der Waals surface area contributed by atoms with Crippen molar-refractivity contribution in [3.63, 3.8) is 0 Å². The second kappa shape index (κ2) is 11.2. The van der Waals surface area contributed by atoms with Crippen molar-refractivity contribution in [2.45, 2.75) is 144 Å². The predicted octanol–water partition coefficient (Wildman–Crippen LogP) is 10.0. The lowest BCUT2D eigenvalue weighted by Gasteiger charge is -2.61. The quantitative estimate of drug-likeness (QED) is 0.245. The van der Waals surface area contributed by atoms with Crippen LogP contribution in [0, 0.1) is 64.1 Å². The molecule has 38 heavy (non-hydrogen) atoms. The van der Waals surface area contributed by atoms with Crippen molar-refractivity contribution in [2.24, 2.45) is 64.1 Å². The number of hydrogen-bond acceptors (Lipinski definition) is 2. The van der Waals surface area contributed by atoms with Crippen LogP contribution in [0.25, 0.3) is 0 Å². The number of rotatable bonds is 7. The SMILES string of the molecule is CC1=CC(C)CC(C(=O)OC2CCC3(C)C(CCC4C3CCC3(C)C(C(C)CCCC(C)C)CCC43)C2)C1. The summed E-state index contributed by atoms with van der Waals surface area (Å²) in [6.07, 6.45) is 20.8. The fourth-order valence-corrected chi connectivity index (χ4v) is 11.3. The first-order chi connectivity index (χ1) is 18.0. The van der Waals surface area contributed by atoms with Gasteiger partial charge in [-0.15, -0.1) is 0 Å². The van der Waals surface area contributed by atoms with Crippen LogP contribution in [0.1, 0.15) is 138 Å². The molecule has 0 aliphatic heterocycles. The van der Waals surface area contributed by atoms with Crippen LogP contribution < -0.4 is 0 Å². The normalized spacial score (nSPS) is 45.5. The number of carbonyl (C=O) groups excluding carboxylic acids is 1. The molecule has 11 atom stereocenters. The largest absolute Gasteiger partial charge is 0.462 e. The van der Waals surface area contributed by atoms with Gasteiger partial charge in [0.25, 0.3) is 0 Å². The number of fused-ring (bicyclic) bond motifs is 5. The third kappa shape index (κ3) is 5.42. The van der Waals surface area contributed by atoms with Gasteiger partial charge < -0.3 is 4.74 Å². The van der Waals surface area contributed by atoms with Crippen LogP contribution in [-0.2, 0) is 9.53 Å². The minimum atomic E-state index is 0.0816. The van der Waals surface area contributed by atoms with Crippen molar-refractivity contribution in [2.75, 3.05) is 0 Å². The van der Waals surface area contributed by atoms with E-state index in [1.54, 1.807) is 0 Å². The Morgan fingerprint density at radius 1 is 0.947 bits per heavy atom. The molecule has 0 radical (unpaired) electrons. The van der Waals surface area contributed by atoms with Gasteiger partial charge in [0.2, 0.25) is 0 Å². The van der Waals surface area contributed by atoms with Gasteiger partial charge in [-0.2, -0.15) is 0 Å². The standard InChI is InChI=1S/C36H60O2/c1-23(2)9-8-10-26(5)31-13-14-32-30-12-11-28-22-29(38-34(37)27-20-24(3)19-25(4)21-27)15-17-35(28,6)33(30)16-18-36(31,32)7/h19,23-24,26-33H,8-18,20-22H2,1-7H3. The molecule has 2 nitrogen and oxygen atoms in total. The maximum atomic E-state index is 13.1. The smallest absolute Gasteiger partial charge is 0.309 e. The molecule has 0 amide bonds. The Balaban J connectivity index is 1.19. The Labute approximate surface area is 235 Å². The van der Waals surface area contributed by atoms with Crippen LogP contribution in [0.2, 0.25) is 0 Å². The Morgan fingerprint density at radius 3 is 2.42 bits per heavy atom. The summed E-state index contributed by atoms with van der Waals surface area (Å²) in [4.78, 5) is 13.1. The first kappa shape index (κ1) is 28.7. The summed E-state index contributed by atoms with van der Waals surface area (Å²) in [6.45, 7) is 17.1. The Hall–Kier alpha value is -0.790. The average molecular weight is 525 g/mol. The summed E-state index contributed by atoms with van der Waals surface area (Å²) >= 11 is 0. The molecular formula is C36H60O2. The van der Waals surface area contributed by atoms with E-state index in [0.717, 1.165) is 67.1 Å². The van der Waals surface area contributed by atoms with E-state index in [4.69, 9.17) is 4.74 Å². The Bertz CT molecular complexity index is 873. The Morgan fingerprint density at radius 2 is 1.68 bits per heavy atom. The van der Waals surface area contributed by atoms with Gasteiger partial charge in [0.15, 0.2) is 0 Å². The van der Waals surface area contributed by atoms with Crippen molar-refractivity contribution in [3.05, 3.63) is 11.6 Å². The number of esters is 1. The lowest BCUT2D eigenvalue weighted by molar-refractivity contribution is -0.167. The number of carbonyl (C=O) groups is 1. The molecule has 0 heterocycles. The maximum Gasteiger partial charge on any atom is 0.309 e. The van der Waals surface area contributed by atoms with E-state index in [-0.39, 0.29) is 18.0 Å². The molecule has 0 saturated heterocycles. The van der Waals surface area contributed by atoms with E-state index in [1.807, 2.05) is 0 Å². The highest BCUT2D eigenvalue weighted by atomic mass is 16.5. The van der Waals surface area contributed by atoms with Gasteiger partial charge in [0.05, 0.1) is 5.92 Å². The van der Waals surface area contributed by atoms with E-state index in [0.29, 0.717) is 16.7 Å². The molecule has 0 bridgehead atoms. The Kier molecular flexibility index (Phi) is 8.49. The third-order valence-corrected chi connectivity index (χ3v) is 13.2. The highest BCUT2D eigenvalue weighted by Gasteiger charge is 2.60. The molecule has 0 aromatic rings. The molecule has 0 aromatic heterocycles. The zero-order chi connectivity index (χ0) is 27.2. The van der Waals surface area contributed by atoms with Gasteiger partial charge in [-0.1, -0.05) is 72.5 Å². The van der Waals surface area contributed by atoms with Crippen LogP contribution in [-0.4, -0.2) is 12.1 Å². The molecule has 216 valence electrons. The zero-order valence-electron chi connectivity index (χ0n) is 26.1. The first-order valence-corrected chi connectivity index (χ1v) is 16.9. The minimum absolute atomic E-state index is 0.0816. The van der Waals surface area contributed by atoms with Crippen molar-refractivity contribution in [3.8, 4) is 0 Å². The second-order valence-electron chi connectivity index (χ2n) is 16.1. The minimum Gasteiger partial charge on any atom is -0.462 e. The lowest BCUT2D eigenvalue weighted by Crippen LogP contribution is -2.54. The first-order valence-electron chi connectivity index (χ1n) is 16.9. The van der Waals surface area contributed by atoms with Crippen LogP contribution in [0.4, 0.5) is 0 Å². The molecule has 2 heteroatoms. The van der Waals surface area contributed by atoms with Crippen LogP contribution in [0.3, 0.4) is 0 Å². The van der Waals surface area contributed by atoms with E-state index >= 15 is 0 Å². The van der Waals surface area contributed by atoms with E-state index in [9.17, 15) is 4.79 Å². The van der Waals surface area contributed by atoms with Crippen molar-refractivity contribution >= 4 is 5.97 Å². The average Bonchev–Trinajstić information content (AvgIpc) is 3.20. The van der Waals surface area contributed by atoms with Gasteiger partial charge in [0, 0.05) is 0 Å². The summed E-state index contributed by atoms with van der Waals surface area (Å²) in [5.74, 6) is 6.91. The maximum absolute atomic E-state index is 13.1. The molecule has 11 unspecified atom stereocenters. The monoisotopic (exact) mass is 524 g/mol. The fourth-order valence-electron chi connectivity index (χ4n) is 11.3. The van der Waals surface area contributed by atoms with Gasteiger partial charge in [-0.25, -0.2) is 0 Å². The molecule has 5 rings (SSSR count). The molecule has 4 fully saturated rings. The van der Waals surface area contributed by atoms with Gasteiger partial charge in [0.1, 0.15) is 6.10 Å². The summed E-state index contributed by atoms with van der Waals surface area (Å²) in [5, 5.41) is 0. The zero-order valence-corrected chi connectivity index (χ0v) is 26.1. The van der Waals surface area contributed by atoms with Gasteiger partial charge in [-0.3, -0.25) is 4.79 Å². The predicted molar refractivity (Wildman–Crippen MR) is 159 cm³/mol. The fraction of sp³-hybridized carbons (Fsp3) is 0.917. The van der Waals surface area contributed by atoms with E-state index < -0.39 is 0 Å². The highest BCUT2D eigenvalue weighted by molar-refractivity contribution is 5.73. The van der Waals surface area contributed by atoms with Gasteiger partial charge in [-0.05, 0) is 136 Å². The van der Waals surface area contributed by atoms with Gasteiger partial charge >= 0.3 is 5.97 Å². The molecule has 0 aromatic carbocycles. The van der Waals surface area contributed by atoms with Crippen LogP contribution >= 0.6 is 0 Å². The van der Waals surface area contributed by atoms with Crippen molar-refractivity contribution < 1.29 is 9.53 Å². The summed E-state index contributed by atoms with van der Waals surface area (Å²) in [6, 6.07) is 0. The molecule has 5 aliphatic rings. The van der Waals surface area contributed by atoms with E-state index in [1.165, 1.54) is 69.8 Å². The van der Waals surface area contributed by atoms with Crippen LogP contribution in [0.15, 0.2) is 11.6 Å². The third-order valence-electron chi connectivity index (χ3n) is 13.2. The van der Waals surface area contributed by atoms with Crippen LogP contribution in [0.5, 0.6) is 0 Å². The number of allylic oxidation sites excluding steroid dienone is 2. The number of ether oxygens (including phenoxy) is 1. The summed E-state index contributed by atoms with van der Waals surface area (Å²) < 4.78 is 6.26. The highest BCUT2D eigenvalue weighted by Crippen LogP contribution is 2.68. The molecule has 4 saturated carbocycles. The topological polar surface area (TPSA) is 26.3 Å². The number of hydrogen-bond donors (Lipinski definition) is 0. The molecule has 0 N–H and O–H groups in total. The summed E-state index contributed by atoms with van der Waals surface area (Å²) in [5.41, 5.74) is 2.41. The second-order valence-corrected chi connectivity index (χ2v) is 16.1. The van der Waals surface area contributed by atoms with Crippen molar-refractivity contribution in [1.82, 2.24) is 0 Å². The summed E-state index contributed by atoms with van der Waals surface area (Å²) in [7, 11) is 0. The molecule has 5 aliphatic carbocycles. The lowest BCUT2D eigenvalue weighted by atomic mass is 9.44. The molecule has 0 spiro atoms. The molecular weight excluding hydrogens is 464 g/mol. The van der Waals surface area contributed by atoms with Crippen molar-refractivity contribution in [1.29, 1.82) is 0 Å². The van der Waals surface area contributed by atoms with E-state index in [2.05, 4.69) is 54.5 Å².